The summed E-state index contributed by atoms with van der Waals surface area (Å²) in [6.45, 7) is 5.81. The highest BCUT2D eigenvalue weighted by Gasteiger charge is 2.09. The molecule has 2 aromatic rings. The SMILES string of the molecule is Cc1cc(Oc2ccc(C(C)N)cc2Cl)cc(C)c1Cl. The molecule has 2 aromatic carbocycles. The predicted molar refractivity (Wildman–Crippen MR) is 85.1 cm³/mol. The number of hydrogen-bond acceptors (Lipinski definition) is 2. The Morgan fingerprint density at radius 3 is 2.15 bits per heavy atom. The summed E-state index contributed by atoms with van der Waals surface area (Å²) in [6, 6.07) is 9.32. The lowest BCUT2D eigenvalue weighted by atomic mass is 10.1. The Morgan fingerprint density at radius 2 is 1.65 bits per heavy atom. The lowest BCUT2D eigenvalue weighted by Crippen LogP contribution is -2.04. The minimum Gasteiger partial charge on any atom is -0.456 e. The van der Waals surface area contributed by atoms with Crippen LogP contribution in [0.25, 0.3) is 0 Å². The first-order valence-corrected chi connectivity index (χ1v) is 7.13. The highest BCUT2D eigenvalue weighted by atomic mass is 35.5. The van der Waals surface area contributed by atoms with Gasteiger partial charge in [0.2, 0.25) is 0 Å². The van der Waals surface area contributed by atoms with Crippen LogP contribution in [0.1, 0.15) is 29.7 Å². The van der Waals surface area contributed by atoms with Crippen molar-refractivity contribution in [2.24, 2.45) is 5.73 Å². The van der Waals surface area contributed by atoms with Crippen molar-refractivity contribution >= 4 is 23.2 Å². The van der Waals surface area contributed by atoms with E-state index in [-0.39, 0.29) is 6.04 Å². The molecule has 0 bridgehead atoms. The van der Waals surface area contributed by atoms with E-state index in [0.717, 1.165) is 27.5 Å². The quantitative estimate of drug-likeness (QED) is 0.821. The van der Waals surface area contributed by atoms with Crippen molar-refractivity contribution in [3.8, 4) is 11.5 Å². The van der Waals surface area contributed by atoms with Crippen molar-refractivity contribution in [3.05, 3.63) is 57.1 Å². The second kappa shape index (κ2) is 6.04. The summed E-state index contributed by atoms with van der Waals surface area (Å²) in [7, 11) is 0. The second-order valence-corrected chi connectivity index (χ2v) is 5.74. The lowest BCUT2D eigenvalue weighted by Gasteiger charge is -2.12. The summed E-state index contributed by atoms with van der Waals surface area (Å²) in [5, 5.41) is 1.31. The number of ether oxygens (including phenoxy) is 1. The van der Waals surface area contributed by atoms with Crippen molar-refractivity contribution in [2.75, 3.05) is 0 Å². The van der Waals surface area contributed by atoms with E-state index in [1.54, 1.807) is 0 Å². The van der Waals surface area contributed by atoms with Crippen LogP contribution < -0.4 is 10.5 Å². The smallest absolute Gasteiger partial charge is 0.146 e. The molecule has 20 heavy (non-hydrogen) atoms. The molecule has 1 atom stereocenters. The van der Waals surface area contributed by atoms with E-state index in [9.17, 15) is 0 Å². The van der Waals surface area contributed by atoms with Crippen LogP contribution in [0.2, 0.25) is 10.0 Å². The van der Waals surface area contributed by atoms with E-state index in [1.165, 1.54) is 0 Å². The second-order valence-electron chi connectivity index (χ2n) is 4.95. The van der Waals surface area contributed by atoms with Gasteiger partial charge in [-0.05, 0) is 61.7 Å². The van der Waals surface area contributed by atoms with Gasteiger partial charge in [-0.2, -0.15) is 0 Å². The minimum atomic E-state index is -0.0541. The Balaban J connectivity index is 2.31. The van der Waals surface area contributed by atoms with Gasteiger partial charge in [0.1, 0.15) is 11.5 Å². The maximum Gasteiger partial charge on any atom is 0.146 e. The Bertz CT molecular complexity index is 615. The van der Waals surface area contributed by atoms with E-state index in [4.69, 9.17) is 33.7 Å². The largest absolute Gasteiger partial charge is 0.456 e. The van der Waals surface area contributed by atoms with Gasteiger partial charge in [0, 0.05) is 11.1 Å². The fourth-order valence-corrected chi connectivity index (χ4v) is 2.31. The summed E-state index contributed by atoms with van der Waals surface area (Å²) < 4.78 is 5.83. The van der Waals surface area contributed by atoms with E-state index >= 15 is 0 Å². The van der Waals surface area contributed by atoms with E-state index in [1.807, 2.05) is 51.1 Å². The van der Waals surface area contributed by atoms with E-state index in [2.05, 4.69) is 0 Å². The van der Waals surface area contributed by atoms with Gasteiger partial charge < -0.3 is 10.5 Å². The lowest BCUT2D eigenvalue weighted by molar-refractivity contribution is 0.481. The third-order valence-electron chi connectivity index (χ3n) is 3.12. The Kier molecular flexibility index (Phi) is 4.59. The van der Waals surface area contributed by atoms with E-state index < -0.39 is 0 Å². The number of hydrogen-bond donors (Lipinski definition) is 1. The van der Waals surface area contributed by atoms with Crippen molar-refractivity contribution < 1.29 is 4.74 Å². The third kappa shape index (κ3) is 3.26. The van der Waals surface area contributed by atoms with Crippen molar-refractivity contribution in [3.63, 3.8) is 0 Å². The van der Waals surface area contributed by atoms with Gasteiger partial charge in [-0.1, -0.05) is 29.3 Å². The zero-order chi connectivity index (χ0) is 14.9. The highest BCUT2D eigenvalue weighted by Crippen LogP contribution is 2.33. The summed E-state index contributed by atoms with van der Waals surface area (Å²) >= 11 is 12.4. The number of rotatable bonds is 3. The molecule has 0 fully saturated rings. The highest BCUT2D eigenvalue weighted by molar-refractivity contribution is 6.32. The number of aryl methyl sites for hydroxylation is 2. The molecule has 2 N–H and O–H groups in total. The molecule has 2 nitrogen and oxygen atoms in total. The van der Waals surface area contributed by atoms with Crippen LogP contribution in [0.5, 0.6) is 11.5 Å². The molecule has 0 spiro atoms. The van der Waals surface area contributed by atoms with Gasteiger partial charge in [-0.15, -0.1) is 0 Å². The molecular weight excluding hydrogens is 293 g/mol. The Hall–Kier alpha value is -1.22. The zero-order valence-electron chi connectivity index (χ0n) is 11.7. The molecule has 106 valence electrons. The van der Waals surface area contributed by atoms with Crippen LogP contribution in [0.15, 0.2) is 30.3 Å². The monoisotopic (exact) mass is 309 g/mol. The fourth-order valence-electron chi connectivity index (χ4n) is 1.98. The molecule has 0 aliphatic heterocycles. The molecule has 0 aliphatic carbocycles. The van der Waals surface area contributed by atoms with Crippen LogP contribution >= 0.6 is 23.2 Å². The molecule has 0 radical (unpaired) electrons. The van der Waals surface area contributed by atoms with Crippen LogP contribution in [0, 0.1) is 13.8 Å². The zero-order valence-corrected chi connectivity index (χ0v) is 13.2. The van der Waals surface area contributed by atoms with Gasteiger partial charge in [0.05, 0.1) is 5.02 Å². The molecule has 0 saturated carbocycles. The molecule has 0 saturated heterocycles. The predicted octanol–water partition coefficient (Wildman–Crippen LogP) is 5.42. The summed E-state index contributed by atoms with van der Waals surface area (Å²) in [5.74, 6) is 1.33. The van der Waals surface area contributed by atoms with Crippen molar-refractivity contribution in [2.45, 2.75) is 26.8 Å². The summed E-state index contributed by atoms with van der Waals surface area (Å²) in [5.41, 5.74) is 8.76. The molecule has 0 aliphatic rings. The van der Waals surface area contributed by atoms with Gasteiger partial charge in [-0.25, -0.2) is 0 Å². The average Bonchev–Trinajstić information content (AvgIpc) is 2.38. The summed E-state index contributed by atoms with van der Waals surface area (Å²) in [4.78, 5) is 0. The topological polar surface area (TPSA) is 35.2 Å². The first-order chi connectivity index (χ1) is 9.38. The number of benzene rings is 2. The van der Waals surface area contributed by atoms with Crippen LogP contribution in [0.4, 0.5) is 0 Å². The molecule has 2 rings (SSSR count). The molecule has 0 amide bonds. The van der Waals surface area contributed by atoms with Gasteiger partial charge in [0.15, 0.2) is 0 Å². The van der Waals surface area contributed by atoms with E-state index in [0.29, 0.717) is 10.8 Å². The third-order valence-corrected chi connectivity index (χ3v) is 4.01. The standard InChI is InChI=1S/C16H17Cl2NO/c1-9-6-13(7-10(2)16(9)18)20-15-5-4-12(11(3)19)8-14(15)17/h4-8,11H,19H2,1-3H3. The number of nitrogens with two attached hydrogens (primary N) is 1. The number of halogens is 2. The van der Waals surface area contributed by atoms with Crippen molar-refractivity contribution in [1.29, 1.82) is 0 Å². The van der Waals surface area contributed by atoms with Gasteiger partial charge in [-0.3, -0.25) is 0 Å². The summed E-state index contributed by atoms with van der Waals surface area (Å²) in [6.07, 6.45) is 0. The van der Waals surface area contributed by atoms with Gasteiger partial charge >= 0.3 is 0 Å². The Labute approximate surface area is 129 Å². The fraction of sp³-hybridized carbons (Fsp3) is 0.250. The maximum absolute atomic E-state index is 6.23. The molecule has 0 heterocycles. The van der Waals surface area contributed by atoms with Gasteiger partial charge in [0.25, 0.3) is 0 Å². The minimum absolute atomic E-state index is 0.0541. The molecule has 0 aromatic heterocycles. The maximum atomic E-state index is 6.23. The van der Waals surface area contributed by atoms with Crippen LogP contribution in [0.3, 0.4) is 0 Å². The Morgan fingerprint density at radius 1 is 1.05 bits per heavy atom. The normalized spacial score (nSPS) is 12.3. The molecular formula is C16H17Cl2NO. The first kappa shape index (κ1) is 15.2. The average molecular weight is 310 g/mol. The van der Waals surface area contributed by atoms with Crippen molar-refractivity contribution in [1.82, 2.24) is 0 Å². The van der Waals surface area contributed by atoms with Crippen LogP contribution in [-0.4, -0.2) is 0 Å². The molecule has 4 heteroatoms. The first-order valence-electron chi connectivity index (χ1n) is 6.38. The van der Waals surface area contributed by atoms with Crippen LogP contribution in [-0.2, 0) is 0 Å². The molecule has 1 unspecified atom stereocenters.